The quantitative estimate of drug-likeness (QED) is 0.855. The summed E-state index contributed by atoms with van der Waals surface area (Å²) >= 11 is 1.75. The van der Waals surface area contributed by atoms with Gasteiger partial charge in [-0.1, -0.05) is 12.8 Å². The van der Waals surface area contributed by atoms with E-state index in [9.17, 15) is 9.59 Å². The van der Waals surface area contributed by atoms with Crippen molar-refractivity contribution in [3.05, 3.63) is 18.2 Å². The Morgan fingerprint density at radius 1 is 1.33 bits per heavy atom. The molecule has 2 aliphatic rings. The first-order valence-electron chi connectivity index (χ1n) is 8.57. The largest absolute Gasteiger partial charge is 0.494 e. The van der Waals surface area contributed by atoms with E-state index in [0.29, 0.717) is 28.9 Å². The summed E-state index contributed by atoms with van der Waals surface area (Å²) in [5.74, 6) is 1.24. The number of nitrogens with one attached hydrogen (secondary N) is 1. The zero-order valence-electron chi connectivity index (χ0n) is 14.0. The molecule has 0 unspecified atom stereocenters. The van der Waals surface area contributed by atoms with E-state index in [1.807, 2.05) is 12.1 Å². The average Bonchev–Trinajstić information content (AvgIpc) is 3.24. The van der Waals surface area contributed by atoms with E-state index >= 15 is 0 Å². The number of rotatable bonds is 6. The van der Waals surface area contributed by atoms with Crippen LogP contribution in [0.5, 0.6) is 5.75 Å². The SMILES string of the molecule is COc1cc(NC(=O)CSC2CCCC2)ccc1N1CCCC1=O. The normalized spacial score (nSPS) is 18.2. The fraction of sp³-hybridized carbons (Fsp3) is 0.556. The fourth-order valence-electron chi connectivity index (χ4n) is 3.33. The molecular weight excluding hydrogens is 324 g/mol. The molecular formula is C18H24N2O3S. The van der Waals surface area contributed by atoms with Crippen LogP contribution in [0, 0.1) is 0 Å². The Labute approximate surface area is 147 Å². The van der Waals surface area contributed by atoms with Gasteiger partial charge in [0.25, 0.3) is 0 Å². The number of anilines is 2. The van der Waals surface area contributed by atoms with E-state index in [-0.39, 0.29) is 11.8 Å². The molecule has 130 valence electrons. The molecule has 24 heavy (non-hydrogen) atoms. The summed E-state index contributed by atoms with van der Waals surface area (Å²) in [7, 11) is 1.58. The Kier molecular flexibility index (Phi) is 5.66. The second-order valence-corrected chi connectivity index (χ2v) is 7.59. The zero-order valence-corrected chi connectivity index (χ0v) is 14.9. The van der Waals surface area contributed by atoms with E-state index < -0.39 is 0 Å². The highest BCUT2D eigenvalue weighted by Crippen LogP contribution is 2.34. The lowest BCUT2D eigenvalue weighted by Gasteiger charge is -2.19. The molecule has 1 aromatic carbocycles. The molecule has 1 heterocycles. The number of hydrogen-bond acceptors (Lipinski definition) is 4. The van der Waals surface area contributed by atoms with Crippen LogP contribution in [0.4, 0.5) is 11.4 Å². The Bertz CT molecular complexity index is 614. The van der Waals surface area contributed by atoms with E-state index in [1.165, 1.54) is 25.7 Å². The molecule has 1 saturated carbocycles. The predicted molar refractivity (Wildman–Crippen MR) is 97.9 cm³/mol. The molecule has 0 atom stereocenters. The summed E-state index contributed by atoms with van der Waals surface area (Å²) in [6.45, 7) is 0.721. The first kappa shape index (κ1) is 17.1. The average molecular weight is 348 g/mol. The van der Waals surface area contributed by atoms with E-state index in [0.717, 1.165) is 18.7 Å². The Balaban J connectivity index is 1.61. The monoisotopic (exact) mass is 348 g/mol. The number of carbonyl (C=O) groups excluding carboxylic acids is 2. The van der Waals surface area contributed by atoms with Crippen LogP contribution in [-0.2, 0) is 9.59 Å². The van der Waals surface area contributed by atoms with Gasteiger partial charge in [-0.2, -0.15) is 0 Å². The Morgan fingerprint density at radius 3 is 2.79 bits per heavy atom. The maximum Gasteiger partial charge on any atom is 0.234 e. The molecule has 1 aliphatic carbocycles. The van der Waals surface area contributed by atoms with E-state index in [1.54, 1.807) is 29.8 Å². The molecule has 2 fully saturated rings. The second-order valence-electron chi connectivity index (χ2n) is 6.30. The van der Waals surface area contributed by atoms with Crippen molar-refractivity contribution in [2.75, 3.05) is 29.6 Å². The highest BCUT2D eigenvalue weighted by atomic mass is 32.2. The van der Waals surface area contributed by atoms with Crippen molar-refractivity contribution in [1.29, 1.82) is 0 Å². The Morgan fingerprint density at radius 2 is 2.12 bits per heavy atom. The van der Waals surface area contributed by atoms with Gasteiger partial charge < -0.3 is 15.0 Å². The molecule has 0 radical (unpaired) electrons. The van der Waals surface area contributed by atoms with Gasteiger partial charge in [0.05, 0.1) is 18.6 Å². The minimum atomic E-state index is 0.0129. The molecule has 3 rings (SSSR count). The molecule has 0 spiro atoms. The van der Waals surface area contributed by atoms with Gasteiger partial charge in [-0.3, -0.25) is 9.59 Å². The lowest BCUT2D eigenvalue weighted by Crippen LogP contribution is -2.24. The van der Waals surface area contributed by atoms with E-state index in [2.05, 4.69) is 5.32 Å². The second kappa shape index (κ2) is 7.92. The van der Waals surface area contributed by atoms with Crippen molar-refractivity contribution in [3.63, 3.8) is 0 Å². The Hall–Kier alpha value is -1.69. The van der Waals surface area contributed by atoms with Crippen LogP contribution in [0.3, 0.4) is 0 Å². The zero-order chi connectivity index (χ0) is 16.9. The first-order valence-corrected chi connectivity index (χ1v) is 9.62. The smallest absolute Gasteiger partial charge is 0.234 e. The summed E-state index contributed by atoms with van der Waals surface area (Å²) in [6.07, 6.45) is 6.48. The number of hydrogen-bond donors (Lipinski definition) is 1. The maximum atomic E-state index is 12.1. The van der Waals surface area contributed by atoms with Crippen LogP contribution in [-0.4, -0.2) is 36.5 Å². The van der Waals surface area contributed by atoms with Crippen molar-refractivity contribution in [2.45, 2.75) is 43.8 Å². The van der Waals surface area contributed by atoms with Crippen molar-refractivity contribution >= 4 is 35.0 Å². The number of carbonyl (C=O) groups is 2. The van der Waals surface area contributed by atoms with Crippen molar-refractivity contribution < 1.29 is 14.3 Å². The standard InChI is InChI=1S/C18H24N2O3S/c1-23-16-11-13(8-9-15(16)20-10-4-7-18(20)22)19-17(21)12-24-14-5-2-3-6-14/h8-9,11,14H,2-7,10,12H2,1H3,(H,19,21). The minimum absolute atomic E-state index is 0.0129. The molecule has 2 amide bonds. The number of ether oxygens (including phenoxy) is 1. The van der Waals surface area contributed by atoms with Crippen LogP contribution in [0.2, 0.25) is 0 Å². The summed E-state index contributed by atoms with van der Waals surface area (Å²) in [6, 6.07) is 5.47. The number of amides is 2. The summed E-state index contributed by atoms with van der Waals surface area (Å²) in [5.41, 5.74) is 1.48. The number of thioether (sulfide) groups is 1. The molecule has 6 heteroatoms. The molecule has 5 nitrogen and oxygen atoms in total. The van der Waals surface area contributed by atoms with E-state index in [4.69, 9.17) is 4.74 Å². The summed E-state index contributed by atoms with van der Waals surface area (Å²) in [4.78, 5) is 25.8. The van der Waals surface area contributed by atoms with Gasteiger partial charge in [0.15, 0.2) is 0 Å². The topological polar surface area (TPSA) is 58.6 Å². The fourth-order valence-corrected chi connectivity index (χ4v) is 4.45. The van der Waals surface area contributed by atoms with Crippen LogP contribution < -0.4 is 15.0 Å². The summed E-state index contributed by atoms with van der Waals surface area (Å²) < 4.78 is 5.42. The number of methoxy groups -OCH3 is 1. The van der Waals surface area contributed by atoms with Crippen LogP contribution in [0.15, 0.2) is 18.2 Å². The molecule has 1 aromatic rings. The van der Waals surface area contributed by atoms with Crippen LogP contribution in [0.25, 0.3) is 0 Å². The molecule has 1 saturated heterocycles. The predicted octanol–water partition coefficient (Wildman–Crippen LogP) is 3.44. The third-order valence-electron chi connectivity index (χ3n) is 4.58. The number of benzene rings is 1. The van der Waals surface area contributed by atoms with Gasteiger partial charge in [0, 0.05) is 30.0 Å². The molecule has 1 aliphatic heterocycles. The lowest BCUT2D eigenvalue weighted by molar-refractivity contribution is -0.117. The van der Waals surface area contributed by atoms with Gasteiger partial charge in [0.1, 0.15) is 5.75 Å². The minimum Gasteiger partial charge on any atom is -0.494 e. The van der Waals surface area contributed by atoms with Gasteiger partial charge in [-0.05, 0) is 31.4 Å². The molecule has 0 aromatic heterocycles. The van der Waals surface area contributed by atoms with Crippen molar-refractivity contribution in [2.24, 2.45) is 0 Å². The highest BCUT2D eigenvalue weighted by molar-refractivity contribution is 8.00. The first-order chi connectivity index (χ1) is 11.7. The van der Waals surface area contributed by atoms with Crippen LogP contribution in [0.1, 0.15) is 38.5 Å². The van der Waals surface area contributed by atoms with Gasteiger partial charge in [-0.25, -0.2) is 0 Å². The lowest BCUT2D eigenvalue weighted by atomic mass is 10.2. The third kappa shape index (κ3) is 4.04. The molecule has 1 N–H and O–H groups in total. The van der Waals surface area contributed by atoms with Crippen molar-refractivity contribution in [3.8, 4) is 5.75 Å². The third-order valence-corrected chi connectivity index (χ3v) is 5.95. The van der Waals surface area contributed by atoms with Crippen LogP contribution >= 0.6 is 11.8 Å². The number of nitrogens with zero attached hydrogens (tertiary/aromatic N) is 1. The maximum absolute atomic E-state index is 12.1. The highest BCUT2D eigenvalue weighted by Gasteiger charge is 2.24. The summed E-state index contributed by atoms with van der Waals surface area (Å²) in [5, 5.41) is 3.56. The van der Waals surface area contributed by atoms with Gasteiger partial charge in [0.2, 0.25) is 11.8 Å². The van der Waals surface area contributed by atoms with Crippen molar-refractivity contribution in [1.82, 2.24) is 0 Å². The van der Waals surface area contributed by atoms with Gasteiger partial charge in [-0.15, -0.1) is 11.8 Å². The molecule has 0 bridgehead atoms. The van der Waals surface area contributed by atoms with Gasteiger partial charge >= 0.3 is 0 Å².